The summed E-state index contributed by atoms with van der Waals surface area (Å²) in [5, 5.41) is 6.27. The Hall–Kier alpha value is -3.49. The number of aryl methyl sites for hydroxylation is 1. The van der Waals surface area contributed by atoms with Gasteiger partial charge >= 0.3 is 0 Å². The maximum atomic E-state index is 13.4. The molecule has 0 radical (unpaired) electrons. The van der Waals surface area contributed by atoms with Gasteiger partial charge in [-0.3, -0.25) is 14.4 Å². The van der Waals surface area contributed by atoms with E-state index in [1.54, 1.807) is 11.0 Å². The van der Waals surface area contributed by atoms with Crippen molar-refractivity contribution >= 4 is 34.1 Å². The zero-order valence-corrected chi connectivity index (χ0v) is 20.7. The van der Waals surface area contributed by atoms with Gasteiger partial charge in [-0.1, -0.05) is 48.5 Å². The average Bonchev–Trinajstić information content (AvgIpc) is 3.20. The second-order valence-electron chi connectivity index (χ2n) is 8.40. The minimum atomic E-state index is -0.257. The Morgan fingerprint density at radius 2 is 1.66 bits per heavy atom. The number of morpholine rings is 1. The third-order valence-corrected chi connectivity index (χ3v) is 7.23. The van der Waals surface area contributed by atoms with Gasteiger partial charge in [-0.25, -0.2) is 0 Å². The molecule has 182 valence electrons. The zero-order chi connectivity index (χ0) is 24.8. The van der Waals surface area contributed by atoms with Crippen LogP contribution < -0.4 is 10.6 Å². The fourth-order valence-electron chi connectivity index (χ4n) is 4.05. The standard InChI is InChI=1S/C27H29N3O4S/c1-18-8-6-7-11-21(18)25(32)28-13-12-22(31)29-26-23(27(33)30-14-16-34-17-15-30)19(2)24(35-26)20-9-4-3-5-10-20/h3-11H,12-17H2,1-2H3,(H,28,32)(H,29,31). The molecule has 1 aliphatic heterocycles. The summed E-state index contributed by atoms with van der Waals surface area (Å²) in [4.78, 5) is 41.4. The molecule has 2 N–H and O–H groups in total. The van der Waals surface area contributed by atoms with Crippen LogP contribution in [0.1, 0.15) is 38.3 Å². The Balaban J connectivity index is 1.49. The van der Waals surface area contributed by atoms with Crippen LogP contribution in [0.3, 0.4) is 0 Å². The molecule has 4 rings (SSSR count). The van der Waals surface area contributed by atoms with E-state index in [-0.39, 0.29) is 30.7 Å². The number of amides is 3. The van der Waals surface area contributed by atoms with E-state index >= 15 is 0 Å². The number of nitrogens with one attached hydrogen (secondary N) is 2. The van der Waals surface area contributed by atoms with Gasteiger partial charge < -0.3 is 20.3 Å². The van der Waals surface area contributed by atoms with E-state index in [9.17, 15) is 14.4 Å². The molecule has 0 aliphatic carbocycles. The summed E-state index contributed by atoms with van der Waals surface area (Å²) >= 11 is 1.40. The fraction of sp³-hybridized carbons (Fsp3) is 0.296. The number of benzene rings is 2. The lowest BCUT2D eigenvalue weighted by Crippen LogP contribution is -2.41. The number of carbonyl (C=O) groups is 3. The fourth-order valence-corrected chi connectivity index (χ4v) is 5.27. The molecule has 0 bridgehead atoms. The molecular weight excluding hydrogens is 462 g/mol. The molecule has 2 aromatic carbocycles. The van der Waals surface area contributed by atoms with Gasteiger partial charge in [0.25, 0.3) is 11.8 Å². The SMILES string of the molecule is Cc1ccccc1C(=O)NCCC(=O)Nc1sc(-c2ccccc2)c(C)c1C(=O)N1CCOCC1. The molecule has 8 heteroatoms. The van der Waals surface area contributed by atoms with Crippen LogP contribution in [-0.2, 0) is 9.53 Å². The minimum absolute atomic E-state index is 0.0976. The molecule has 0 spiro atoms. The summed E-state index contributed by atoms with van der Waals surface area (Å²) in [6, 6.07) is 17.2. The molecule has 3 aromatic rings. The first-order valence-corrected chi connectivity index (χ1v) is 12.5. The molecule has 1 aromatic heterocycles. The van der Waals surface area contributed by atoms with Gasteiger partial charge in [-0.15, -0.1) is 11.3 Å². The Labute approximate surface area is 209 Å². The predicted molar refractivity (Wildman–Crippen MR) is 138 cm³/mol. The first-order chi connectivity index (χ1) is 17.0. The topological polar surface area (TPSA) is 87.7 Å². The Bertz CT molecular complexity index is 1220. The summed E-state index contributed by atoms with van der Waals surface area (Å²) in [5.41, 5.74) is 3.84. The van der Waals surface area contributed by atoms with Crippen molar-refractivity contribution in [3.05, 3.63) is 76.9 Å². The zero-order valence-electron chi connectivity index (χ0n) is 19.9. The second-order valence-corrected chi connectivity index (χ2v) is 9.42. The smallest absolute Gasteiger partial charge is 0.257 e. The number of anilines is 1. The normalized spacial score (nSPS) is 13.4. The van der Waals surface area contributed by atoms with Gasteiger partial charge in [-0.05, 0) is 36.6 Å². The number of thiophene rings is 1. The highest BCUT2D eigenvalue weighted by molar-refractivity contribution is 7.20. The summed E-state index contributed by atoms with van der Waals surface area (Å²) in [6.07, 6.45) is 0.0976. The number of carbonyl (C=O) groups excluding carboxylic acids is 3. The molecule has 1 saturated heterocycles. The summed E-state index contributed by atoms with van der Waals surface area (Å²) in [5.74, 6) is -0.572. The van der Waals surface area contributed by atoms with Crippen LogP contribution in [0.5, 0.6) is 0 Å². The van der Waals surface area contributed by atoms with E-state index in [0.717, 1.165) is 21.6 Å². The first kappa shape index (κ1) is 24.6. The molecular formula is C27H29N3O4S. The molecule has 0 unspecified atom stereocenters. The van der Waals surface area contributed by atoms with Gasteiger partial charge in [-0.2, -0.15) is 0 Å². The molecule has 2 heterocycles. The lowest BCUT2D eigenvalue weighted by atomic mass is 10.1. The predicted octanol–water partition coefficient (Wildman–Crippen LogP) is 4.26. The van der Waals surface area contributed by atoms with Crippen LogP contribution in [-0.4, -0.2) is 55.5 Å². The second kappa shape index (κ2) is 11.3. The van der Waals surface area contributed by atoms with Crippen molar-refractivity contribution in [3.8, 4) is 10.4 Å². The van der Waals surface area contributed by atoms with Crippen LogP contribution in [0.15, 0.2) is 54.6 Å². The highest BCUT2D eigenvalue weighted by atomic mass is 32.1. The molecule has 1 fully saturated rings. The maximum absolute atomic E-state index is 13.4. The van der Waals surface area contributed by atoms with E-state index in [1.165, 1.54) is 11.3 Å². The monoisotopic (exact) mass is 491 g/mol. The van der Waals surface area contributed by atoms with Crippen molar-refractivity contribution in [1.29, 1.82) is 0 Å². The van der Waals surface area contributed by atoms with Gasteiger partial charge in [0, 0.05) is 36.5 Å². The van der Waals surface area contributed by atoms with Crippen LogP contribution in [0.4, 0.5) is 5.00 Å². The van der Waals surface area contributed by atoms with E-state index in [1.807, 2.05) is 62.4 Å². The maximum Gasteiger partial charge on any atom is 0.257 e. The minimum Gasteiger partial charge on any atom is -0.378 e. The van der Waals surface area contributed by atoms with Crippen molar-refractivity contribution in [1.82, 2.24) is 10.2 Å². The third-order valence-electron chi connectivity index (χ3n) is 5.98. The molecule has 35 heavy (non-hydrogen) atoms. The van der Waals surface area contributed by atoms with Crippen molar-refractivity contribution in [2.75, 3.05) is 38.2 Å². The average molecular weight is 492 g/mol. The Morgan fingerprint density at radius 3 is 2.37 bits per heavy atom. The molecule has 7 nitrogen and oxygen atoms in total. The number of ether oxygens (including phenoxy) is 1. The molecule has 0 atom stereocenters. The Kier molecular flexibility index (Phi) is 7.94. The summed E-state index contributed by atoms with van der Waals surface area (Å²) in [6.45, 7) is 6.04. The highest BCUT2D eigenvalue weighted by Crippen LogP contribution is 2.40. The number of hydrogen-bond donors (Lipinski definition) is 2. The summed E-state index contributed by atoms with van der Waals surface area (Å²) < 4.78 is 5.39. The van der Waals surface area contributed by atoms with E-state index in [2.05, 4.69) is 10.6 Å². The van der Waals surface area contributed by atoms with Crippen molar-refractivity contribution < 1.29 is 19.1 Å². The lowest BCUT2D eigenvalue weighted by molar-refractivity contribution is -0.116. The van der Waals surface area contributed by atoms with Crippen LogP contribution in [0.2, 0.25) is 0 Å². The van der Waals surface area contributed by atoms with E-state index in [0.29, 0.717) is 42.4 Å². The lowest BCUT2D eigenvalue weighted by Gasteiger charge is -2.27. The first-order valence-electron chi connectivity index (χ1n) is 11.6. The van der Waals surface area contributed by atoms with Crippen molar-refractivity contribution in [2.24, 2.45) is 0 Å². The largest absolute Gasteiger partial charge is 0.378 e. The summed E-state index contributed by atoms with van der Waals surface area (Å²) in [7, 11) is 0. The number of hydrogen-bond acceptors (Lipinski definition) is 5. The van der Waals surface area contributed by atoms with Crippen LogP contribution in [0.25, 0.3) is 10.4 Å². The van der Waals surface area contributed by atoms with E-state index in [4.69, 9.17) is 4.74 Å². The third kappa shape index (κ3) is 5.78. The van der Waals surface area contributed by atoms with Crippen molar-refractivity contribution in [3.63, 3.8) is 0 Å². The van der Waals surface area contributed by atoms with Gasteiger partial charge in [0.1, 0.15) is 5.00 Å². The Morgan fingerprint density at radius 1 is 0.971 bits per heavy atom. The molecule has 0 saturated carbocycles. The number of nitrogens with zero attached hydrogens (tertiary/aromatic N) is 1. The van der Waals surface area contributed by atoms with Crippen molar-refractivity contribution in [2.45, 2.75) is 20.3 Å². The quantitative estimate of drug-likeness (QED) is 0.517. The number of rotatable bonds is 7. The van der Waals surface area contributed by atoms with Crippen LogP contribution in [0, 0.1) is 13.8 Å². The van der Waals surface area contributed by atoms with Crippen LogP contribution >= 0.6 is 11.3 Å². The highest BCUT2D eigenvalue weighted by Gasteiger charge is 2.28. The van der Waals surface area contributed by atoms with Gasteiger partial charge in [0.15, 0.2) is 0 Å². The molecule has 3 amide bonds. The van der Waals surface area contributed by atoms with Gasteiger partial charge in [0.2, 0.25) is 5.91 Å². The molecule has 1 aliphatic rings. The van der Waals surface area contributed by atoms with Gasteiger partial charge in [0.05, 0.1) is 18.8 Å². The van der Waals surface area contributed by atoms with E-state index < -0.39 is 0 Å².